The largest absolute Gasteiger partial charge is 0.470 e. The second kappa shape index (κ2) is 8.24. The normalized spacial score (nSPS) is 27.4. The molecule has 0 spiro atoms. The number of halogens is 2. The van der Waals surface area contributed by atoms with Crippen LogP contribution in [-0.4, -0.2) is 78.7 Å². The molecule has 9 heteroatoms. The molecule has 1 atom stereocenters. The quantitative estimate of drug-likeness (QED) is 0.704. The highest BCUT2D eigenvalue weighted by Gasteiger charge is 2.42. The fourth-order valence-electron chi connectivity index (χ4n) is 3.81. The van der Waals surface area contributed by atoms with E-state index in [0.29, 0.717) is 58.1 Å². The van der Waals surface area contributed by atoms with Crippen molar-refractivity contribution in [2.75, 3.05) is 39.3 Å². The lowest BCUT2D eigenvalue weighted by Crippen LogP contribution is -2.50. The zero-order chi connectivity index (χ0) is 21.3. The number of ether oxygens (including phenoxy) is 2. The number of hydrogen-bond donors (Lipinski definition) is 0. The van der Waals surface area contributed by atoms with Gasteiger partial charge in [0.15, 0.2) is 6.61 Å². The maximum absolute atomic E-state index is 13.4. The van der Waals surface area contributed by atoms with Crippen molar-refractivity contribution in [3.8, 4) is 0 Å². The van der Waals surface area contributed by atoms with E-state index in [-0.39, 0.29) is 30.5 Å². The summed E-state index contributed by atoms with van der Waals surface area (Å²) in [5, 5.41) is 4.14. The minimum Gasteiger partial charge on any atom is -0.470 e. The number of likely N-dealkylation sites (tertiary alicyclic amines) is 2. The van der Waals surface area contributed by atoms with Gasteiger partial charge >= 0.3 is 6.09 Å². The van der Waals surface area contributed by atoms with Crippen LogP contribution in [0.3, 0.4) is 0 Å². The molecule has 2 fully saturated rings. The minimum absolute atomic E-state index is 0.111. The minimum atomic E-state index is -2.55. The number of alkyl halides is 2. The van der Waals surface area contributed by atoms with Crippen LogP contribution in [0.4, 0.5) is 13.6 Å². The lowest BCUT2D eigenvalue weighted by atomic mass is 9.80. The smallest absolute Gasteiger partial charge is 0.410 e. The van der Waals surface area contributed by atoms with E-state index in [2.05, 4.69) is 12.1 Å². The van der Waals surface area contributed by atoms with Crippen molar-refractivity contribution >= 4 is 12.0 Å². The van der Waals surface area contributed by atoms with Crippen molar-refractivity contribution in [3.05, 3.63) is 0 Å². The van der Waals surface area contributed by atoms with Crippen LogP contribution in [0.25, 0.3) is 0 Å². The second-order valence-electron chi connectivity index (χ2n) is 9.62. The zero-order valence-electron chi connectivity index (χ0n) is 17.9. The van der Waals surface area contributed by atoms with Crippen LogP contribution in [0.1, 0.15) is 53.4 Å². The van der Waals surface area contributed by atoms with E-state index >= 15 is 0 Å². The standard InChI is InChI=1S/C20H33F2N3O4/c1-18(2,3)29-17(26)25-11-5-19(4,6-12-25)16-23-27-14-15(28-16)13-24-9-7-20(21,22)8-10-24/h15H,5-14H2,1-4H3/t15-/m1/s1. The van der Waals surface area contributed by atoms with Crippen LogP contribution >= 0.6 is 0 Å². The molecule has 0 aromatic heterocycles. The Morgan fingerprint density at radius 3 is 2.38 bits per heavy atom. The number of amides is 1. The Morgan fingerprint density at radius 1 is 1.17 bits per heavy atom. The van der Waals surface area contributed by atoms with E-state index in [1.807, 2.05) is 25.7 Å². The summed E-state index contributed by atoms with van der Waals surface area (Å²) in [5.41, 5.74) is -0.847. The van der Waals surface area contributed by atoms with Gasteiger partial charge in [-0.1, -0.05) is 12.1 Å². The summed E-state index contributed by atoms with van der Waals surface area (Å²) in [6.45, 7) is 10.3. The Kier molecular flexibility index (Phi) is 6.27. The molecule has 3 aliphatic heterocycles. The highest BCUT2D eigenvalue weighted by Crippen LogP contribution is 2.35. The van der Waals surface area contributed by atoms with Gasteiger partial charge < -0.3 is 19.2 Å². The fourth-order valence-corrected chi connectivity index (χ4v) is 3.81. The van der Waals surface area contributed by atoms with E-state index in [1.54, 1.807) is 4.90 Å². The SMILES string of the molecule is CC(C)(C)OC(=O)N1CCC(C)(C2=NOC[C@@H](CN3CCC(F)(F)CC3)O2)CC1. The van der Waals surface area contributed by atoms with Crippen molar-refractivity contribution in [2.24, 2.45) is 10.6 Å². The Labute approximate surface area is 171 Å². The molecule has 3 rings (SSSR count). The highest BCUT2D eigenvalue weighted by atomic mass is 19.3. The van der Waals surface area contributed by atoms with E-state index in [9.17, 15) is 13.6 Å². The zero-order valence-corrected chi connectivity index (χ0v) is 17.9. The molecule has 3 aliphatic rings. The summed E-state index contributed by atoms with van der Waals surface area (Å²) in [5.74, 6) is -2.01. The first-order valence-corrected chi connectivity index (χ1v) is 10.4. The Hall–Kier alpha value is -1.64. The van der Waals surface area contributed by atoms with E-state index in [4.69, 9.17) is 14.3 Å². The van der Waals surface area contributed by atoms with Crippen molar-refractivity contribution in [1.82, 2.24) is 9.80 Å². The van der Waals surface area contributed by atoms with E-state index < -0.39 is 11.5 Å². The van der Waals surface area contributed by atoms with Gasteiger partial charge in [-0.15, -0.1) is 0 Å². The number of rotatable bonds is 3. The molecule has 0 N–H and O–H groups in total. The highest BCUT2D eigenvalue weighted by molar-refractivity contribution is 5.82. The summed E-state index contributed by atoms with van der Waals surface area (Å²) >= 11 is 0. The van der Waals surface area contributed by atoms with Crippen LogP contribution in [-0.2, 0) is 14.3 Å². The Bertz CT molecular complexity index is 618. The average molecular weight is 417 g/mol. The van der Waals surface area contributed by atoms with Gasteiger partial charge in [0.05, 0.1) is 5.41 Å². The number of nitrogens with zero attached hydrogens (tertiary/aromatic N) is 3. The van der Waals surface area contributed by atoms with Gasteiger partial charge in [-0.3, -0.25) is 4.90 Å². The van der Waals surface area contributed by atoms with Gasteiger partial charge in [0.1, 0.15) is 11.7 Å². The Balaban J connectivity index is 1.50. The maximum atomic E-state index is 13.4. The molecule has 2 saturated heterocycles. The van der Waals surface area contributed by atoms with Gasteiger partial charge in [0.25, 0.3) is 5.92 Å². The summed E-state index contributed by atoms with van der Waals surface area (Å²) in [4.78, 5) is 21.4. The van der Waals surface area contributed by atoms with Gasteiger partial charge in [-0.05, 0) is 33.6 Å². The van der Waals surface area contributed by atoms with Crippen molar-refractivity contribution in [3.63, 3.8) is 0 Å². The summed E-state index contributed by atoms with van der Waals surface area (Å²) < 4.78 is 38.3. The molecule has 3 heterocycles. The molecule has 0 aliphatic carbocycles. The third kappa shape index (κ3) is 5.93. The molecule has 166 valence electrons. The number of carbonyl (C=O) groups excluding carboxylic acids is 1. The van der Waals surface area contributed by atoms with E-state index in [0.717, 1.165) is 0 Å². The van der Waals surface area contributed by atoms with Crippen LogP contribution in [0, 0.1) is 5.41 Å². The first kappa shape index (κ1) is 22.1. The fraction of sp³-hybridized carbons (Fsp3) is 0.900. The third-order valence-electron chi connectivity index (χ3n) is 5.77. The molecule has 0 saturated carbocycles. The number of oxime groups is 1. The van der Waals surface area contributed by atoms with Crippen LogP contribution in [0.15, 0.2) is 5.16 Å². The van der Waals surface area contributed by atoms with Gasteiger partial charge in [0.2, 0.25) is 5.90 Å². The van der Waals surface area contributed by atoms with Crippen LogP contribution in [0.5, 0.6) is 0 Å². The molecule has 0 radical (unpaired) electrons. The molecule has 7 nitrogen and oxygen atoms in total. The predicted molar refractivity (Wildman–Crippen MR) is 104 cm³/mol. The molecular weight excluding hydrogens is 384 g/mol. The van der Waals surface area contributed by atoms with Crippen molar-refractivity contribution in [2.45, 2.75) is 71.0 Å². The molecule has 0 bridgehead atoms. The first-order valence-electron chi connectivity index (χ1n) is 10.4. The Morgan fingerprint density at radius 2 is 1.79 bits per heavy atom. The van der Waals surface area contributed by atoms with Crippen LogP contribution < -0.4 is 0 Å². The summed E-state index contributed by atoms with van der Waals surface area (Å²) in [6.07, 6.45) is 0.630. The van der Waals surface area contributed by atoms with Gasteiger partial charge in [-0.25, -0.2) is 13.6 Å². The molecule has 29 heavy (non-hydrogen) atoms. The summed E-state index contributed by atoms with van der Waals surface area (Å²) in [7, 11) is 0. The van der Waals surface area contributed by atoms with Gasteiger partial charge in [0, 0.05) is 45.6 Å². The number of piperidine rings is 2. The molecule has 1 amide bonds. The topological polar surface area (TPSA) is 63.6 Å². The first-order chi connectivity index (χ1) is 13.5. The average Bonchev–Trinajstić information content (AvgIpc) is 2.63. The molecule has 0 aromatic rings. The lowest BCUT2D eigenvalue weighted by molar-refractivity contribution is -0.0714. The third-order valence-corrected chi connectivity index (χ3v) is 5.77. The predicted octanol–water partition coefficient (Wildman–Crippen LogP) is 3.48. The van der Waals surface area contributed by atoms with Crippen molar-refractivity contribution < 1.29 is 27.9 Å². The molecular formula is C20H33F2N3O4. The summed E-state index contributed by atoms with van der Waals surface area (Å²) in [6, 6.07) is 0. The van der Waals surface area contributed by atoms with Crippen molar-refractivity contribution in [1.29, 1.82) is 0 Å². The lowest BCUT2D eigenvalue weighted by Gasteiger charge is -2.41. The van der Waals surface area contributed by atoms with E-state index in [1.165, 1.54) is 0 Å². The van der Waals surface area contributed by atoms with Gasteiger partial charge in [-0.2, -0.15) is 0 Å². The van der Waals surface area contributed by atoms with Crippen LogP contribution in [0.2, 0.25) is 0 Å². The number of carbonyl (C=O) groups is 1. The number of hydrogen-bond acceptors (Lipinski definition) is 6. The second-order valence-corrected chi connectivity index (χ2v) is 9.62. The maximum Gasteiger partial charge on any atom is 0.410 e. The monoisotopic (exact) mass is 417 g/mol. The molecule has 0 unspecified atom stereocenters. The molecule has 0 aromatic carbocycles.